The largest absolute Gasteiger partial charge is 0.338 e. The van der Waals surface area contributed by atoms with Gasteiger partial charge in [-0.1, -0.05) is 6.08 Å². The molecular formula is C13H14N4O2. The number of hydrogen-bond acceptors (Lipinski definition) is 4. The van der Waals surface area contributed by atoms with E-state index in [9.17, 15) is 10.1 Å². The van der Waals surface area contributed by atoms with E-state index < -0.39 is 4.92 Å². The van der Waals surface area contributed by atoms with E-state index in [2.05, 4.69) is 28.0 Å². The third-order valence-electron chi connectivity index (χ3n) is 3.39. The molecule has 1 aromatic carbocycles. The fourth-order valence-electron chi connectivity index (χ4n) is 2.25. The van der Waals surface area contributed by atoms with Gasteiger partial charge in [-0.3, -0.25) is 10.1 Å². The van der Waals surface area contributed by atoms with Crippen molar-refractivity contribution in [3.8, 4) is 0 Å². The molecule has 6 nitrogen and oxygen atoms in total. The van der Waals surface area contributed by atoms with Gasteiger partial charge in [0.15, 0.2) is 0 Å². The molecule has 2 heterocycles. The molecule has 0 atom stereocenters. The molecule has 0 unspecified atom stereocenters. The van der Waals surface area contributed by atoms with Crippen LogP contribution in [0.15, 0.2) is 24.3 Å². The summed E-state index contributed by atoms with van der Waals surface area (Å²) in [4.78, 5) is 20.3. The van der Waals surface area contributed by atoms with Crippen LogP contribution in [0.2, 0.25) is 0 Å². The number of likely N-dealkylation sites (N-methyl/N-ethyl adjacent to an activating group) is 1. The van der Waals surface area contributed by atoms with Gasteiger partial charge in [-0.2, -0.15) is 0 Å². The first-order chi connectivity index (χ1) is 9.13. The van der Waals surface area contributed by atoms with Crippen LogP contribution < -0.4 is 0 Å². The number of nitro benzene ring substituents is 1. The minimum Gasteiger partial charge on any atom is -0.338 e. The maximum atomic E-state index is 10.7. The predicted molar refractivity (Wildman–Crippen MR) is 72.8 cm³/mol. The smallest absolute Gasteiger partial charge is 0.271 e. The standard InChI is InChI=1S/C13H14N4O2/c1-16-6-4-9(5-7-16)13-14-11-3-2-10(17(18)19)8-12(11)15-13/h2-4,8H,5-7H2,1H3,(H,14,15). The van der Waals surface area contributed by atoms with Crippen molar-refractivity contribution in [2.24, 2.45) is 0 Å². The summed E-state index contributed by atoms with van der Waals surface area (Å²) in [6, 6.07) is 4.69. The van der Waals surface area contributed by atoms with Crippen LogP contribution >= 0.6 is 0 Å². The Labute approximate surface area is 109 Å². The first kappa shape index (κ1) is 11.9. The van der Waals surface area contributed by atoms with Crippen LogP contribution in [-0.2, 0) is 0 Å². The van der Waals surface area contributed by atoms with Crippen LogP contribution in [0.25, 0.3) is 16.6 Å². The summed E-state index contributed by atoms with van der Waals surface area (Å²) in [5.41, 5.74) is 2.74. The zero-order valence-electron chi connectivity index (χ0n) is 10.6. The zero-order valence-corrected chi connectivity index (χ0v) is 10.6. The Morgan fingerprint density at radius 2 is 2.32 bits per heavy atom. The molecule has 0 radical (unpaired) electrons. The highest BCUT2D eigenvalue weighted by molar-refractivity contribution is 5.81. The first-order valence-electron chi connectivity index (χ1n) is 6.15. The Morgan fingerprint density at radius 1 is 1.47 bits per heavy atom. The Balaban J connectivity index is 2.00. The van der Waals surface area contributed by atoms with E-state index in [0.29, 0.717) is 5.52 Å². The number of fused-ring (bicyclic) bond motifs is 1. The first-order valence-corrected chi connectivity index (χ1v) is 6.15. The van der Waals surface area contributed by atoms with Crippen LogP contribution in [0.3, 0.4) is 0 Å². The normalized spacial score (nSPS) is 16.6. The lowest BCUT2D eigenvalue weighted by atomic mass is 10.1. The van der Waals surface area contributed by atoms with E-state index in [0.717, 1.165) is 30.9 Å². The highest BCUT2D eigenvalue weighted by Gasteiger charge is 2.14. The molecule has 0 saturated heterocycles. The summed E-state index contributed by atoms with van der Waals surface area (Å²) in [6.45, 7) is 1.91. The van der Waals surface area contributed by atoms with Gasteiger partial charge in [0.1, 0.15) is 5.82 Å². The average Bonchev–Trinajstić information content (AvgIpc) is 2.82. The van der Waals surface area contributed by atoms with Gasteiger partial charge in [-0.15, -0.1) is 0 Å². The number of nitrogens with zero attached hydrogens (tertiary/aromatic N) is 3. The number of aromatic nitrogens is 2. The number of non-ortho nitro benzene ring substituents is 1. The number of hydrogen-bond donors (Lipinski definition) is 1. The second kappa shape index (κ2) is 4.47. The number of nitro groups is 1. The molecule has 6 heteroatoms. The highest BCUT2D eigenvalue weighted by Crippen LogP contribution is 2.24. The van der Waals surface area contributed by atoms with Crippen molar-refractivity contribution in [3.63, 3.8) is 0 Å². The predicted octanol–water partition coefficient (Wildman–Crippen LogP) is 2.19. The minimum absolute atomic E-state index is 0.0834. The second-order valence-corrected chi connectivity index (χ2v) is 4.79. The second-order valence-electron chi connectivity index (χ2n) is 4.79. The summed E-state index contributed by atoms with van der Waals surface area (Å²) >= 11 is 0. The lowest BCUT2D eigenvalue weighted by Gasteiger charge is -2.20. The van der Waals surface area contributed by atoms with E-state index in [1.165, 1.54) is 17.7 Å². The third kappa shape index (κ3) is 2.22. The third-order valence-corrected chi connectivity index (χ3v) is 3.39. The van der Waals surface area contributed by atoms with Crippen molar-refractivity contribution >= 4 is 22.3 Å². The van der Waals surface area contributed by atoms with Crippen molar-refractivity contribution in [2.45, 2.75) is 6.42 Å². The number of benzene rings is 1. The monoisotopic (exact) mass is 258 g/mol. The minimum atomic E-state index is -0.394. The summed E-state index contributed by atoms with van der Waals surface area (Å²) in [5, 5.41) is 10.7. The molecule has 0 bridgehead atoms. The van der Waals surface area contributed by atoms with E-state index in [-0.39, 0.29) is 5.69 Å². The Bertz CT molecular complexity index is 674. The van der Waals surface area contributed by atoms with E-state index in [1.807, 2.05) is 0 Å². The van der Waals surface area contributed by atoms with Gasteiger partial charge in [0.25, 0.3) is 5.69 Å². The Morgan fingerprint density at radius 3 is 3.00 bits per heavy atom. The molecule has 0 amide bonds. The number of imidazole rings is 1. The van der Waals surface area contributed by atoms with Crippen LogP contribution in [0.1, 0.15) is 12.2 Å². The topological polar surface area (TPSA) is 75.1 Å². The number of aromatic amines is 1. The van der Waals surface area contributed by atoms with Crippen molar-refractivity contribution < 1.29 is 4.92 Å². The summed E-state index contributed by atoms with van der Waals surface area (Å²) in [7, 11) is 2.08. The van der Waals surface area contributed by atoms with Gasteiger partial charge in [0.2, 0.25) is 0 Å². The fraction of sp³-hybridized carbons (Fsp3) is 0.308. The molecule has 2 aromatic rings. The van der Waals surface area contributed by atoms with Gasteiger partial charge in [0, 0.05) is 25.2 Å². The van der Waals surface area contributed by atoms with Crippen LogP contribution in [0.5, 0.6) is 0 Å². The molecule has 1 aliphatic rings. The summed E-state index contributed by atoms with van der Waals surface area (Å²) < 4.78 is 0. The van der Waals surface area contributed by atoms with Crippen molar-refractivity contribution in [1.29, 1.82) is 0 Å². The maximum Gasteiger partial charge on any atom is 0.271 e. The molecule has 98 valence electrons. The van der Waals surface area contributed by atoms with Gasteiger partial charge in [-0.05, 0) is 25.1 Å². The molecule has 1 aromatic heterocycles. The summed E-state index contributed by atoms with van der Waals surface area (Å²) in [6.07, 6.45) is 3.09. The lowest BCUT2D eigenvalue weighted by molar-refractivity contribution is -0.384. The van der Waals surface area contributed by atoms with Crippen molar-refractivity contribution in [3.05, 3.63) is 40.2 Å². The molecule has 0 saturated carbocycles. The highest BCUT2D eigenvalue weighted by atomic mass is 16.6. The molecule has 0 aliphatic carbocycles. The van der Waals surface area contributed by atoms with Crippen molar-refractivity contribution in [2.75, 3.05) is 20.1 Å². The molecule has 0 fully saturated rings. The molecular weight excluding hydrogens is 244 g/mol. The number of nitrogens with one attached hydrogen (secondary N) is 1. The number of H-pyrrole nitrogens is 1. The van der Waals surface area contributed by atoms with E-state index in [1.54, 1.807) is 6.07 Å². The van der Waals surface area contributed by atoms with E-state index >= 15 is 0 Å². The van der Waals surface area contributed by atoms with Crippen LogP contribution in [0, 0.1) is 10.1 Å². The molecule has 3 rings (SSSR count). The molecule has 19 heavy (non-hydrogen) atoms. The average molecular weight is 258 g/mol. The van der Waals surface area contributed by atoms with Crippen molar-refractivity contribution in [1.82, 2.24) is 14.9 Å². The Hall–Kier alpha value is -2.21. The van der Waals surface area contributed by atoms with Crippen LogP contribution in [0.4, 0.5) is 5.69 Å². The van der Waals surface area contributed by atoms with Gasteiger partial charge >= 0.3 is 0 Å². The van der Waals surface area contributed by atoms with Gasteiger partial charge in [-0.25, -0.2) is 4.98 Å². The van der Waals surface area contributed by atoms with E-state index in [4.69, 9.17) is 0 Å². The molecule has 0 spiro atoms. The quantitative estimate of drug-likeness (QED) is 0.661. The SMILES string of the molecule is CN1CC=C(c2nc3ccc([N+](=O)[O-])cc3[nH]2)CC1. The molecule has 1 aliphatic heterocycles. The van der Waals surface area contributed by atoms with Crippen LogP contribution in [-0.4, -0.2) is 39.9 Å². The lowest BCUT2D eigenvalue weighted by Crippen LogP contribution is -2.23. The molecule has 1 N–H and O–H groups in total. The zero-order chi connectivity index (χ0) is 13.4. The van der Waals surface area contributed by atoms with Gasteiger partial charge in [0.05, 0.1) is 16.0 Å². The van der Waals surface area contributed by atoms with Gasteiger partial charge < -0.3 is 9.88 Å². The fourth-order valence-corrected chi connectivity index (χ4v) is 2.25. The Kier molecular flexibility index (Phi) is 2.79. The summed E-state index contributed by atoms with van der Waals surface area (Å²) in [5.74, 6) is 0.823. The number of rotatable bonds is 2. The maximum absolute atomic E-state index is 10.7.